The monoisotopic (exact) mass is 548 g/mol. The molecule has 0 aromatic carbocycles. The number of amides is 1. The summed E-state index contributed by atoms with van der Waals surface area (Å²) in [7, 11) is 0. The Hall–Kier alpha value is -3.08. The third-order valence-corrected chi connectivity index (χ3v) is 6.68. The highest BCUT2D eigenvalue weighted by Gasteiger charge is 2.67. The standard InChI is InChI=1S/C21H21F5N6O4S/c1-10-13(9-30-14-5-4-12(8-29-14)19(22,23)24)32(21(34,35)20(25,26)36-10)18(33)15-16(37-11(2)31-15)17-27-6-3-7-28-17/h3-8,10-11,13,31,34-35H,9H2,1-2H3,(H,29,30). The molecule has 2 aromatic rings. The van der Waals surface area contributed by atoms with Gasteiger partial charge in [0.1, 0.15) is 11.5 Å². The predicted octanol–water partition coefficient (Wildman–Crippen LogP) is 2.20. The average molecular weight is 548 g/mol. The van der Waals surface area contributed by atoms with Crippen molar-refractivity contribution in [3.8, 4) is 0 Å². The molecular formula is C21H21F5N6O4S. The average Bonchev–Trinajstić information content (AvgIpc) is 3.22. The molecule has 1 saturated heterocycles. The lowest BCUT2D eigenvalue weighted by Gasteiger charge is -2.50. The highest BCUT2D eigenvalue weighted by molar-refractivity contribution is 8.09. The van der Waals surface area contributed by atoms with E-state index in [0.29, 0.717) is 6.20 Å². The number of carbonyl (C=O) groups excluding carboxylic acids is 1. The van der Waals surface area contributed by atoms with Crippen molar-refractivity contribution < 1.29 is 41.7 Å². The van der Waals surface area contributed by atoms with E-state index in [1.807, 2.05) is 0 Å². The second kappa shape index (κ2) is 9.66. The first-order chi connectivity index (χ1) is 17.2. The fraction of sp³-hybridized carbons (Fsp3) is 0.429. The van der Waals surface area contributed by atoms with Crippen LogP contribution in [0.1, 0.15) is 25.2 Å². The highest BCUT2D eigenvalue weighted by Crippen LogP contribution is 2.43. The smallest absolute Gasteiger partial charge is 0.368 e. The first-order valence-corrected chi connectivity index (χ1v) is 11.7. The van der Waals surface area contributed by atoms with Gasteiger partial charge in [0.2, 0.25) is 0 Å². The summed E-state index contributed by atoms with van der Waals surface area (Å²) in [6.07, 6.45) is -7.24. The first-order valence-electron chi connectivity index (χ1n) is 10.8. The minimum Gasteiger partial charge on any atom is -0.368 e. The summed E-state index contributed by atoms with van der Waals surface area (Å²) >= 11 is 1.13. The molecular weight excluding hydrogens is 527 g/mol. The second-order valence-electron chi connectivity index (χ2n) is 8.21. The highest BCUT2D eigenvalue weighted by atomic mass is 32.2. The summed E-state index contributed by atoms with van der Waals surface area (Å²) in [5, 5.41) is 26.0. The maximum atomic E-state index is 14.6. The number of nitrogens with one attached hydrogen (secondary N) is 2. The van der Waals surface area contributed by atoms with Gasteiger partial charge in [0.25, 0.3) is 5.91 Å². The molecule has 4 rings (SSSR count). The van der Waals surface area contributed by atoms with Gasteiger partial charge in [-0.05, 0) is 32.0 Å². The van der Waals surface area contributed by atoms with E-state index in [9.17, 15) is 37.0 Å². The molecule has 16 heteroatoms. The van der Waals surface area contributed by atoms with Crippen molar-refractivity contribution in [3.63, 3.8) is 0 Å². The lowest BCUT2D eigenvalue weighted by atomic mass is 10.0. The maximum Gasteiger partial charge on any atom is 0.431 e. The Morgan fingerprint density at radius 3 is 2.49 bits per heavy atom. The molecule has 2 aromatic heterocycles. The molecule has 2 aliphatic rings. The zero-order chi connectivity index (χ0) is 27.2. The van der Waals surface area contributed by atoms with Crippen molar-refractivity contribution in [3.05, 3.63) is 53.9 Å². The second-order valence-corrected chi connectivity index (χ2v) is 9.56. The third-order valence-electron chi connectivity index (χ3n) is 5.59. The summed E-state index contributed by atoms with van der Waals surface area (Å²) in [5.74, 6) is -5.24. The number of thioether (sulfide) groups is 1. The van der Waals surface area contributed by atoms with E-state index >= 15 is 0 Å². The molecule has 0 saturated carbocycles. The van der Waals surface area contributed by atoms with Gasteiger partial charge in [-0.25, -0.2) is 15.0 Å². The largest absolute Gasteiger partial charge is 0.431 e. The molecule has 4 N–H and O–H groups in total. The molecule has 10 nitrogen and oxygen atoms in total. The van der Waals surface area contributed by atoms with Crippen LogP contribution in [0.25, 0.3) is 4.91 Å². The molecule has 3 atom stereocenters. The van der Waals surface area contributed by atoms with Gasteiger partial charge >= 0.3 is 18.2 Å². The van der Waals surface area contributed by atoms with Crippen molar-refractivity contribution in [2.75, 3.05) is 11.9 Å². The van der Waals surface area contributed by atoms with Crippen LogP contribution in [0.15, 0.2) is 42.5 Å². The normalized spacial score (nSPS) is 25.1. The van der Waals surface area contributed by atoms with Gasteiger partial charge in [-0.1, -0.05) is 11.8 Å². The molecule has 0 aliphatic carbocycles. The minimum atomic E-state index is -4.61. The quantitative estimate of drug-likeness (QED) is 0.326. The Labute approximate surface area is 210 Å². The predicted molar refractivity (Wildman–Crippen MR) is 120 cm³/mol. The molecule has 4 heterocycles. The third kappa shape index (κ3) is 5.18. The first kappa shape index (κ1) is 27.0. The van der Waals surface area contributed by atoms with Crippen LogP contribution in [0.2, 0.25) is 0 Å². The van der Waals surface area contributed by atoms with Gasteiger partial charge in [0.05, 0.1) is 28.0 Å². The molecule has 3 unspecified atom stereocenters. The fourth-order valence-electron chi connectivity index (χ4n) is 3.79. The molecule has 1 amide bonds. The summed E-state index contributed by atoms with van der Waals surface area (Å²) in [6, 6.07) is 1.87. The van der Waals surface area contributed by atoms with Crippen LogP contribution in [-0.2, 0) is 15.7 Å². The number of halogens is 5. The van der Waals surface area contributed by atoms with Gasteiger partial charge in [0, 0.05) is 25.1 Å². The van der Waals surface area contributed by atoms with E-state index in [2.05, 4.69) is 30.3 Å². The van der Waals surface area contributed by atoms with Gasteiger partial charge in [-0.15, -0.1) is 0 Å². The van der Waals surface area contributed by atoms with Crippen molar-refractivity contribution in [2.45, 2.75) is 49.6 Å². The lowest BCUT2D eigenvalue weighted by molar-refractivity contribution is -0.475. The Kier molecular flexibility index (Phi) is 7.04. The zero-order valence-electron chi connectivity index (χ0n) is 19.2. The minimum absolute atomic E-state index is 0.0767. The van der Waals surface area contributed by atoms with Crippen LogP contribution in [0.5, 0.6) is 0 Å². The van der Waals surface area contributed by atoms with Gasteiger partial charge in [0.15, 0.2) is 5.82 Å². The fourth-order valence-corrected chi connectivity index (χ4v) is 4.80. The van der Waals surface area contributed by atoms with Crippen LogP contribution < -0.4 is 10.6 Å². The number of hydrogen-bond donors (Lipinski definition) is 4. The molecule has 0 bridgehead atoms. The number of aromatic nitrogens is 3. The Morgan fingerprint density at radius 2 is 1.89 bits per heavy atom. The number of pyridine rings is 1. The number of morpholine rings is 1. The number of hydrogen-bond acceptors (Lipinski definition) is 10. The van der Waals surface area contributed by atoms with Crippen LogP contribution >= 0.6 is 11.8 Å². The van der Waals surface area contributed by atoms with Crippen molar-refractivity contribution in [2.24, 2.45) is 0 Å². The summed E-state index contributed by atoms with van der Waals surface area (Å²) in [4.78, 5) is 25.8. The Balaban J connectivity index is 1.67. The number of rotatable bonds is 5. The van der Waals surface area contributed by atoms with E-state index < -0.39 is 53.7 Å². The van der Waals surface area contributed by atoms with Crippen LogP contribution in [0, 0.1) is 0 Å². The van der Waals surface area contributed by atoms with E-state index in [-0.39, 0.29) is 27.1 Å². The number of ether oxygens (including phenoxy) is 1. The Morgan fingerprint density at radius 1 is 1.22 bits per heavy atom. The number of nitrogens with zero attached hydrogens (tertiary/aromatic N) is 4. The topological polar surface area (TPSA) is 133 Å². The lowest BCUT2D eigenvalue weighted by Crippen LogP contribution is -2.74. The molecule has 2 aliphatic heterocycles. The van der Waals surface area contributed by atoms with Gasteiger partial charge < -0.3 is 25.6 Å². The number of aliphatic hydroxyl groups is 2. The van der Waals surface area contributed by atoms with Crippen molar-refractivity contribution in [1.29, 1.82) is 0 Å². The number of alkyl halides is 5. The van der Waals surface area contributed by atoms with Crippen LogP contribution in [0.3, 0.4) is 0 Å². The SMILES string of the molecule is CC1NC(C(=O)N2C(CNc3ccc(C(F)(F)F)cn3)C(C)OC(F)(F)C2(O)O)=C(c2ncccn2)S1. The van der Waals surface area contributed by atoms with Gasteiger partial charge in [-0.3, -0.25) is 9.69 Å². The Bertz CT molecular complexity index is 1180. The van der Waals surface area contributed by atoms with E-state index in [1.54, 1.807) is 6.92 Å². The molecule has 0 radical (unpaired) electrons. The summed E-state index contributed by atoms with van der Waals surface area (Å²) in [5.41, 5.74) is -1.24. The van der Waals surface area contributed by atoms with Crippen molar-refractivity contribution >= 4 is 28.4 Å². The van der Waals surface area contributed by atoms with Crippen molar-refractivity contribution in [1.82, 2.24) is 25.2 Å². The number of anilines is 1. The molecule has 37 heavy (non-hydrogen) atoms. The van der Waals surface area contributed by atoms with E-state index in [1.165, 1.54) is 25.4 Å². The van der Waals surface area contributed by atoms with E-state index in [0.717, 1.165) is 23.9 Å². The molecule has 0 spiro atoms. The van der Waals surface area contributed by atoms with Crippen LogP contribution in [0.4, 0.5) is 27.8 Å². The zero-order valence-corrected chi connectivity index (χ0v) is 20.0. The molecule has 200 valence electrons. The van der Waals surface area contributed by atoms with E-state index in [4.69, 9.17) is 0 Å². The van der Waals surface area contributed by atoms with Crippen LogP contribution in [-0.4, -0.2) is 72.1 Å². The molecule has 1 fully saturated rings. The summed E-state index contributed by atoms with van der Waals surface area (Å²) in [6.45, 7) is 2.44. The van der Waals surface area contributed by atoms with Gasteiger partial charge in [-0.2, -0.15) is 22.0 Å². The summed E-state index contributed by atoms with van der Waals surface area (Å²) < 4.78 is 72.1. The number of carbonyl (C=O) groups is 1. The maximum absolute atomic E-state index is 14.6.